The van der Waals surface area contributed by atoms with Gasteiger partial charge in [0, 0.05) is 17.0 Å². The van der Waals surface area contributed by atoms with Gasteiger partial charge < -0.3 is 9.90 Å². The van der Waals surface area contributed by atoms with Crippen LogP contribution in [0.3, 0.4) is 0 Å². The van der Waals surface area contributed by atoms with E-state index in [-0.39, 0.29) is 27.8 Å². The van der Waals surface area contributed by atoms with Crippen LogP contribution in [-0.2, 0) is 11.2 Å². The van der Waals surface area contributed by atoms with Crippen LogP contribution in [0.15, 0.2) is 12.1 Å². The molecule has 0 aromatic heterocycles. The number of carbonyl (C=O) groups is 2. The SMILES string of the molecule is CC(=O)Cc1c(Cl)ccc(C(=O)[O-])c1Cl. The fourth-order valence-electron chi connectivity index (χ4n) is 1.17. The second kappa shape index (κ2) is 4.64. The number of carbonyl (C=O) groups excluding carboxylic acids is 2. The molecule has 0 saturated heterocycles. The second-order valence-electron chi connectivity index (χ2n) is 3.05. The highest BCUT2D eigenvalue weighted by atomic mass is 35.5. The molecule has 1 aromatic carbocycles. The van der Waals surface area contributed by atoms with Gasteiger partial charge >= 0.3 is 0 Å². The third kappa shape index (κ3) is 2.70. The molecule has 3 nitrogen and oxygen atoms in total. The number of halogens is 2. The van der Waals surface area contributed by atoms with Crippen molar-refractivity contribution in [2.45, 2.75) is 13.3 Å². The van der Waals surface area contributed by atoms with E-state index in [0.29, 0.717) is 5.56 Å². The first-order valence-corrected chi connectivity index (χ1v) is 4.86. The van der Waals surface area contributed by atoms with Crippen LogP contribution in [-0.4, -0.2) is 11.8 Å². The first-order valence-electron chi connectivity index (χ1n) is 4.11. The predicted octanol–water partition coefficient (Wildman–Crippen LogP) is 1.49. The van der Waals surface area contributed by atoms with E-state index in [1.54, 1.807) is 0 Å². The molecule has 1 rings (SSSR count). The lowest BCUT2D eigenvalue weighted by Crippen LogP contribution is -2.23. The summed E-state index contributed by atoms with van der Waals surface area (Å²) in [5.74, 6) is -1.53. The summed E-state index contributed by atoms with van der Waals surface area (Å²) in [7, 11) is 0. The van der Waals surface area contributed by atoms with Crippen LogP contribution in [0.25, 0.3) is 0 Å². The molecule has 5 heteroatoms. The molecule has 1 aromatic rings. The maximum atomic E-state index is 10.9. The highest BCUT2D eigenvalue weighted by Gasteiger charge is 2.12. The third-order valence-corrected chi connectivity index (χ3v) is 2.62. The van der Waals surface area contributed by atoms with Gasteiger partial charge in [-0.1, -0.05) is 29.3 Å². The first kappa shape index (κ1) is 12.0. The molecule has 0 spiro atoms. The Kier molecular flexibility index (Phi) is 3.72. The van der Waals surface area contributed by atoms with E-state index in [2.05, 4.69) is 0 Å². The number of Topliss-reactive ketones (excluding diaryl/α,β-unsaturated/α-hetero) is 1. The van der Waals surface area contributed by atoms with Crippen molar-refractivity contribution >= 4 is 35.0 Å². The molecule has 80 valence electrons. The molecule has 0 unspecified atom stereocenters. The number of hydrogen-bond donors (Lipinski definition) is 0. The van der Waals surface area contributed by atoms with Gasteiger partial charge in [0.1, 0.15) is 5.78 Å². The smallest absolute Gasteiger partial charge is 0.134 e. The highest BCUT2D eigenvalue weighted by molar-refractivity contribution is 6.38. The monoisotopic (exact) mass is 245 g/mol. The van der Waals surface area contributed by atoms with E-state index in [9.17, 15) is 14.7 Å². The zero-order valence-electron chi connectivity index (χ0n) is 7.84. The Hall–Kier alpha value is -1.06. The molecule has 0 aliphatic rings. The number of carboxylic acid groups (broad SMARTS) is 1. The quantitative estimate of drug-likeness (QED) is 0.811. The molecule has 0 amide bonds. The lowest BCUT2D eigenvalue weighted by Gasteiger charge is -2.10. The van der Waals surface area contributed by atoms with Crippen LogP contribution >= 0.6 is 23.2 Å². The van der Waals surface area contributed by atoms with E-state index in [1.165, 1.54) is 19.1 Å². The van der Waals surface area contributed by atoms with Crippen LogP contribution < -0.4 is 5.11 Å². The maximum Gasteiger partial charge on any atom is 0.134 e. The summed E-state index contributed by atoms with van der Waals surface area (Å²) < 4.78 is 0. The standard InChI is InChI=1S/C10H8Cl2O3/c1-5(13)4-7-8(11)3-2-6(9(7)12)10(14)15/h2-3H,4H2,1H3,(H,14,15)/p-1. The molecule has 0 aliphatic carbocycles. The van der Waals surface area contributed by atoms with Gasteiger partial charge in [0.15, 0.2) is 0 Å². The van der Waals surface area contributed by atoms with Crippen molar-refractivity contribution in [2.24, 2.45) is 0 Å². The minimum absolute atomic E-state index is 0.0127. The van der Waals surface area contributed by atoms with Gasteiger partial charge in [-0.3, -0.25) is 4.79 Å². The van der Waals surface area contributed by atoms with E-state index in [0.717, 1.165) is 0 Å². The van der Waals surface area contributed by atoms with Gasteiger partial charge in [-0.25, -0.2) is 0 Å². The molecule has 0 saturated carbocycles. The van der Waals surface area contributed by atoms with Gasteiger partial charge in [-0.05, 0) is 18.6 Å². The number of ketones is 1. The van der Waals surface area contributed by atoms with Crippen LogP contribution in [0.2, 0.25) is 10.0 Å². The predicted molar refractivity (Wildman–Crippen MR) is 55.2 cm³/mol. The maximum absolute atomic E-state index is 10.9. The van der Waals surface area contributed by atoms with Gasteiger partial charge in [0.25, 0.3) is 0 Å². The topological polar surface area (TPSA) is 57.2 Å². The number of rotatable bonds is 3. The fourth-order valence-corrected chi connectivity index (χ4v) is 1.75. The molecular formula is C10H7Cl2O3-. The Morgan fingerprint density at radius 3 is 2.40 bits per heavy atom. The molecule has 0 N–H and O–H groups in total. The van der Waals surface area contributed by atoms with Gasteiger partial charge in [-0.15, -0.1) is 0 Å². The molecule has 15 heavy (non-hydrogen) atoms. The first-order chi connectivity index (χ1) is 6.93. The lowest BCUT2D eigenvalue weighted by atomic mass is 10.1. The van der Waals surface area contributed by atoms with Gasteiger partial charge in [0.2, 0.25) is 0 Å². The number of carboxylic acids is 1. The van der Waals surface area contributed by atoms with Crippen molar-refractivity contribution in [3.63, 3.8) is 0 Å². The van der Waals surface area contributed by atoms with Crippen molar-refractivity contribution in [2.75, 3.05) is 0 Å². The summed E-state index contributed by atoms with van der Waals surface area (Å²) in [6.07, 6.45) is 0.0127. The number of hydrogen-bond acceptors (Lipinski definition) is 3. The largest absolute Gasteiger partial charge is 0.545 e. The van der Waals surface area contributed by atoms with Crippen molar-refractivity contribution < 1.29 is 14.7 Å². The summed E-state index contributed by atoms with van der Waals surface area (Å²) in [6.45, 7) is 1.37. The zero-order valence-corrected chi connectivity index (χ0v) is 9.35. The number of benzene rings is 1. The molecular weight excluding hydrogens is 239 g/mol. The summed E-state index contributed by atoms with van der Waals surface area (Å²) in [5.41, 5.74) is 0.171. The van der Waals surface area contributed by atoms with Crippen LogP contribution in [0.5, 0.6) is 0 Å². The Morgan fingerprint density at radius 1 is 1.33 bits per heavy atom. The van der Waals surface area contributed by atoms with Crippen LogP contribution in [0.4, 0.5) is 0 Å². The highest BCUT2D eigenvalue weighted by Crippen LogP contribution is 2.28. The normalized spacial score (nSPS) is 10.1. The average molecular weight is 246 g/mol. The summed E-state index contributed by atoms with van der Waals surface area (Å²) in [4.78, 5) is 21.6. The summed E-state index contributed by atoms with van der Waals surface area (Å²) in [6, 6.07) is 2.64. The minimum Gasteiger partial charge on any atom is -0.545 e. The minimum atomic E-state index is -1.39. The Morgan fingerprint density at radius 2 is 1.93 bits per heavy atom. The van der Waals surface area contributed by atoms with Crippen molar-refractivity contribution in [3.05, 3.63) is 33.3 Å². The molecule has 0 heterocycles. The molecule has 0 bridgehead atoms. The van der Waals surface area contributed by atoms with E-state index >= 15 is 0 Å². The van der Waals surface area contributed by atoms with E-state index in [1.807, 2.05) is 0 Å². The average Bonchev–Trinajstić information content (AvgIpc) is 2.11. The Bertz CT molecular complexity index is 427. The van der Waals surface area contributed by atoms with Crippen molar-refractivity contribution in [1.82, 2.24) is 0 Å². The van der Waals surface area contributed by atoms with E-state index in [4.69, 9.17) is 23.2 Å². The lowest BCUT2D eigenvalue weighted by molar-refractivity contribution is -0.255. The number of aromatic carboxylic acids is 1. The Balaban J connectivity index is 3.29. The van der Waals surface area contributed by atoms with Crippen molar-refractivity contribution in [3.8, 4) is 0 Å². The molecule has 0 aliphatic heterocycles. The molecule has 0 radical (unpaired) electrons. The van der Waals surface area contributed by atoms with Gasteiger partial charge in [-0.2, -0.15) is 0 Å². The zero-order chi connectivity index (χ0) is 11.6. The van der Waals surface area contributed by atoms with Gasteiger partial charge in [0.05, 0.1) is 11.0 Å². The van der Waals surface area contributed by atoms with Crippen LogP contribution in [0, 0.1) is 0 Å². The molecule has 0 atom stereocenters. The van der Waals surface area contributed by atoms with E-state index < -0.39 is 5.97 Å². The third-order valence-electron chi connectivity index (χ3n) is 1.83. The summed E-state index contributed by atoms with van der Waals surface area (Å²) >= 11 is 11.6. The van der Waals surface area contributed by atoms with Crippen LogP contribution in [0.1, 0.15) is 22.8 Å². The Labute approximate surface area is 96.6 Å². The summed E-state index contributed by atoms with van der Waals surface area (Å²) in [5, 5.41) is 10.9. The second-order valence-corrected chi connectivity index (χ2v) is 3.84. The van der Waals surface area contributed by atoms with Crippen molar-refractivity contribution in [1.29, 1.82) is 0 Å². The molecule has 0 fully saturated rings. The fraction of sp³-hybridized carbons (Fsp3) is 0.200.